The van der Waals surface area contributed by atoms with Gasteiger partial charge in [-0.1, -0.05) is 24.3 Å². The summed E-state index contributed by atoms with van der Waals surface area (Å²) in [5, 5.41) is 2.55. The summed E-state index contributed by atoms with van der Waals surface area (Å²) in [5.41, 5.74) is 1.62. The maximum atomic E-state index is 13.4. The van der Waals surface area contributed by atoms with Crippen LogP contribution in [0.1, 0.15) is 15.9 Å². The molecule has 0 heterocycles. The molecule has 0 aliphatic carbocycles. The minimum absolute atomic E-state index is 0.177. The van der Waals surface area contributed by atoms with Gasteiger partial charge in [0, 0.05) is 4.47 Å². The molecule has 2 nitrogen and oxygen atoms in total. The zero-order valence-electron chi connectivity index (χ0n) is 9.71. The van der Waals surface area contributed by atoms with Gasteiger partial charge in [-0.2, -0.15) is 0 Å². The van der Waals surface area contributed by atoms with Crippen LogP contribution >= 0.6 is 15.9 Å². The average Bonchev–Trinajstić information content (AvgIpc) is 2.35. The number of nitrogens with one attached hydrogen (secondary N) is 1. The Bertz CT molecular complexity index is 598. The van der Waals surface area contributed by atoms with Gasteiger partial charge in [0.15, 0.2) is 0 Å². The first-order valence-corrected chi connectivity index (χ1v) is 6.20. The molecule has 0 aliphatic heterocycles. The summed E-state index contributed by atoms with van der Waals surface area (Å²) in [5.74, 6) is -0.787. The maximum absolute atomic E-state index is 13.4. The fourth-order valence-corrected chi connectivity index (χ4v) is 2.02. The Morgan fingerprint density at radius 3 is 2.61 bits per heavy atom. The van der Waals surface area contributed by atoms with Gasteiger partial charge in [-0.3, -0.25) is 4.79 Å². The topological polar surface area (TPSA) is 29.1 Å². The fourth-order valence-electron chi connectivity index (χ4n) is 1.58. The Kier molecular flexibility index (Phi) is 3.77. The highest BCUT2D eigenvalue weighted by atomic mass is 79.9. The number of amides is 1. The van der Waals surface area contributed by atoms with Gasteiger partial charge < -0.3 is 5.32 Å². The van der Waals surface area contributed by atoms with Gasteiger partial charge in [-0.25, -0.2) is 4.39 Å². The predicted octanol–water partition coefficient (Wildman–Crippen LogP) is 4.15. The van der Waals surface area contributed by atoms with Crippen molar-refractivity contribution in [3.05, 3.63) is 63.9 Å². The zero-order chi connectivity index (χ0) is 13.1. The monoisotopic (exact) mass is 307 g/mol. The number of benzene rings is 2. The third kappa shape index (κ3) is 2.59. The molecule has 92 valence electrons. The van der Waals surface area contributed by atoms with Crippen LogP contribution in [-0.2, 0) is 0 Å². The van der Waals surface area contributed by atoms with Gasteiger partial charge in [0.25, 0.3) is 5.91 Å². The fraction of sp³-hybridized carbons (Fsp3) is 0.0714. The molecular weight excluding hydrogens is 297 g/mol. The van der Waals surface area contributed by atoms with Gasteiger partial charge >= 0.3 is 0 Å². The number of hydrogen-bond acceptors (Lipinski definition) is 1. The first-order chi connectivity index (χ1) is 8.59. The van der Waals surface area contributed by atoms with Crippen LogP contribution in [0.15, 0.2) is 46.9 Å². The van der Waals surface area contributed by atoms with Crippen molar-refractivity contribution >= 4 is 27.5 Å². The summed E-state index contributed by atoms with van der Waals surface area (Å²) in [6.45, 7) is 1.89. The van der Waals surface area contributed by atoms with Crippen LogP contribution in [0.25, 0.3) is 0 Å². The zero-order valence-corrected chi connectivity index (χ0v) is 11.3. The SMILES string of the molecule is Cc1cccc(C(=O)Nc2ccccc2F)c1Br. The van der Waals surface area contributed by atoms with E-state index in [2.05, 4.69) is 21.2 Å². The molecule has 18 heavy (non-hydrogen) atoms. The van der Waals surface area contributed by atoms with Crippen LogP contribution in [0.5, 0.6) is 0 Å². The molecule has 2 aromatic rings. The van der Waals surface area contributed by atoms with E-state index in [-0.39, 0.29) is 11.6 Å². The van der Waals surface area contributed by atoms with E-state index in [0.717, 1.165) is 10.0 Å². The number of aryl methyl sites for hydroxylation is 1. The number of carbonyl (C=O) groups excluding carboxylic acids is 1. The predicted molar refractivity (Wildman–Crippen MR) is 73.2 cm³/mol. The number of para-hydroxylation sites is 1. The van der Waals surface area contributed by atoms with E-state index in [1.165, 1.54) is 12.1 Å². The molecule has 0 bridgehead atoms. The van der Waals surface area contributed by atoms with E-state index >= 15 is 0 Å². The van der Waals surface area contributed by atoms with Crippen LogP contribution in [0.4, 0.5) is 10.1 Å². The van der Waals surface area contributed by atoms with Gasteiger partial charge in [0.2, 0.25) is 0 Å². The molecule has 0 radical (unpaired) electrons. The Morgan fingerprint density at radius 2 is 1.89 bits per heavy atom. The van der Waals surface area contributed by atoms with Crippen molar-refractivity contribution in [1.82, 2.24) is 0 Å². The Balaban J connectivity index is 2.28. The van der Waals surface area contributed by atoms with Gasteiger partial charge in [0.05, 0.1) is 11.3 Å². The van der Waals surface area contributed by atoms with E-state index in [4.69, 9.17) is 0 Å². The second-order valence-electron chi connectivity index (χ2n) is 3.87. The van der Waals surface area contributed by atoms with Crippen molar-refractivity contribution < 1.29 is 9.18 Å². The van der Waals surface area contributed by atoms with Crippen molar-refractivity contribution in [3.63, 3.8) is 0 Å². The molecule has 0 unspecified atom stereocenters. The highest BCUT2D eigenvalue weighted by Gasteiger charge is 2.12. The summed E-state index contributed by atoms with van der Waals surface area (Å²) in [6.07, 6.45) is 0. The number of anilines is 1. The van der Waals surface area contributed by atoms with E-state index in [9.17, 15) is 9.18 Å². The van der Waals surface area contributed by atoms with Crippen molar-refractivity contribution in [1.29, 1.82) is 0 Å². The highest BCUT2D eigenvalue weighted by molar-refractivity contribution is 9.10. The number of hydrogen-bond donors (Lipinski definition) is 1. The normalized spacial score (nSPS) is 10.2. The summed E-state index contributed by atoms with van der Waals surface area (Å²) >= 11 is 3.36. The van der Waals surface area contributed by atoms with Crippen LogP contribution < -0.4 is 5.32 Å². The molecule has 4 heteroatoms. The molecule has 0 aliphatic rings. The van der Waals surface area contributed by atoms with Gasteiger partial charge in [-0.15, -0.1) is 0 Å². The molecule has 0 fully saturated rings. The van der Waals surface area contributed by atoms with Crippen LogP contribution in [0.2, 0.25) is 0 Å². The molecule has 2 aromatic carbocycles. The second-order valence-corrected chi connectivity index (χ2v) is 4.66. The standard InChI is InChI=1S/C14H11BrFNO/c1-9-5-4-6-10(13(9)15)14(18)17-12-8-3-2-7-11(12)16/h2-8H,1H3,(H,17,18). The van der Waals surface area contributed by atoms with Crippen LogP contribution in [0.3, 0.4) is 0 Å². The van der Waals surface area contributed by atoms with E-state index in [0.29, 0.717) is 5.56 Å². The minimum Gasteiger partial charge on any atom is -0.319 e. The smallest absolute Gasteiger partial charge is 0.256 e. The largest absolute Gasteiger partial charge is 0.319 e. The van der Waals surface area contributed by atoms with E-state index < -0.39 is 5.82 Å². The number of rotatable bonds is 2. The average molecular weight is 308 g/mol. The second kappa shape index (κ2) is 5.31. The maximum Gasteiger partial charge on any atom is 0.256 e. The van der Waals surface area contributed by atoms with Crippen molar-refractivity contribution in [3.8, 4) is 0 Å². The van der Waals surface area contributed by atoms with Gasteiger partial charge in [-0.05, 0) is 46.6 Å². The number of halogens is 2. The summed E-state index contributed by atoms with van der Waals surface area (Å²) < 4.78 is 14.1. The summed E-state index contributed by atoms with van der Waals surface area (Å²) in [7, 11) is 0. The van der Waals surface area contributed by atoms with Crippen molar-refractivity contribution in [2.24, 2.45) is 0 Å². The Morgan fingerprint density at radius 1 is 1.17 bits per heavy atom. The van der Waals surface area contributed by atoms with Crippen LogP contribution in [0, 0.1) is 12.7 Å². The first-order valence-electron chi connectivity index (χ1n) is 5.40. The minimum atomic E-state index is -0.449. The summed E-state index contributed by atoms with van der Waals surface area (Å²) in [4.78, 5) is 12.0. The molecule has 0 aromatic heterocycles. The molecule has 2 rings (SSSR count). The lowest BCUT2D eigenvalue weighted by Crippen LogP contribution is -2.13. The Hall–Kier alpha value is -1.68. The molecule has 1 N–H and O–H groups in total. The van der Waals surface area contributed by atoms with Gasteiger partial charge in [0.1, 0.15) is 5.82 Å². The third-order valence-electron chi connectivity index (χ3n) is 2.56. The first kappa shape index (κ1) is 12.8. The number of carbonyl (C=O) groups is 1. The van der Waals surface area contributed by atoms with Crippen LogP contribution in [-0.4, -0.2) is 5.91 Å². The molecular formula is C14H11BrFNO. The van der Waals surface area contributed by atoms with E-state index in [1.807, 2.05) is 13.0 Å². The van der Waals surface area contributed by atoms with Crippen molar-refractivity contribution in [2.75, 3.05) is 5.32 Å². The lowest BCUT2D eigenvalue weighted by Gasteiger charge is -2.09. The summed E-state index contributed by atoms with van der Waals surface area (Å²) in [6, 6.07) is 11.4. The molecule has 0 saturated heterocycles. The lowest BCUT2D eigenvalue weighted by atomic mass is 10.1. The lowest BCUT2D eigenvalue weighted by molar-refractivity contribution is 0.102. The quantitative estimate of drug-likeness (QED) is 0.887. The van der Waals surface area contributed by atoms with E-state index in [1.54, 1.807) is 24.3 Å². The molecule has 0 saturated carbocycles. The molecule has 0 atom stereocenters. The van der Waals surface area contributed by atoms with Crippen molar-refractivity contribution in [2.45, 2.75) is 6.92 Å². The highest BCUT2D eigenvalue weighted by Crippen LogP contribution is 2.22. The molecule has 1 amide bonds. The molecule has 0 spiro atoms. The third-order valence-corrected chi connectivity index (χ3v) is 3.61. The Labute approximate surface area is 113 Å².